The fourth-order valence-electron chi connectivity index (χ4n) is 5.63. The molecular formula is C35H28FN5O2S. The molecule has 9 heteroatoms. The van der Waals surface area contributed by atoms with Crippen molar-refractivity contribution in [1.82, 2.24) is 14.5 Å². The number of aliphatic hydroxyl groups is 1. The number of carbonyl (C=O) groups is 1. The molecule has 1 aliphatic heterocycles. The number of halogens is 1. The molecule has 0 bridgehead atoms. The number of carbonyl (C=O) groups excluding carboxylic acids is 1. The first kappa shape index (κ1) is 27.7. The van der Waals surface area contributed by atoms with Crippen molar-refractivity contribution < 1.29 is 14.3 Å². The van der Waals surface area contributed by atoms with Gasteiger partial charge in [0.2, 0.25) is 0 Å². The summed E-state index contributed by atoms with van der Waals surface area (Å²) in [7, 11) is 0. The highest BCUT2D eigenvalue weighted by Gasteiger charge is 2.28. The van der Waals surface area contributed by atoms with Crippen molar-refractivity contribution in [2.24, 2.45) is 0 Å². The van der Waals surface area contributed by atoms with Crippen LogP contribution in [0.25, 0.3) is 27.5 Å². The van der Waals surface area contributed by atoms with Crippen LogP contribution in [0.1, 0.15) is 32.7 Å². The first-order valence-corrected chi connectivity index (χ1v) is 15.1. The Morgan fingerprint density at radius 2 is 1.80 bits per heavy atom. The Morgan fingerprint density at radius 1 is 1.00 bits per heavy atom. The second-order valence-corrected chi connectivity index (χ2v) is 11.7. The topological polar surface area (TPSA) is 83.3 Å². The lowest BCUT2D eigenvalue weighted by Crippen LogP contribution is -2.31. The minimum Gasteiger partial charge on any atom is -0.368 e. The number of fused-ring (bicyclic) bond motifs is 3. The van der Waals surface area contributed by atoms with E-state index in [0.717, 1.165) is 33.1 Å². The van der Waals surface area contributed by atoms with Crippen LogP contribution in [0.5, 0.6) is 0 Å². The van der Waals surface area contributed by atoms with E-state index in [1.54, 1.807) is 31.6 Å². The molecule has 0 radical (unpaired) electrons. The molecule has 44 heavy (non-hydrogen) atoms. The van der Waals surface area contributed by atoms with E-state index in [9.17, 15) is 14.3 Å². The number of aliphatic hydroxyl groups excluding tert-OH is 1. The molecule has 7 rings (SSSR count). The minimum absolute atomic E-state index is 0.192. The lowest BCUT2D eigenvalue weighted by molar-refractivity contribution is 0.103. The maximum Gasteiger partial charge on any atom is 0.265 e. The number of thiophene rings is 1. The maximum absolute atomic E-state index is 14.4. The number of hydrogen-bond donors (Lipinski definition) is 2. The molecule has 4 heterocycles. The fourth-order valence-corrected chi connectivity index (χ4v) is 6.77. The van der Waals surface area contributed by atoms with E-state index >= 15 is 0 Å². The Kier molecular flexibility index (Phi) is 7.25. The number of benzene rings is 3. The molecule has 1 atom stereocenters. The van der Waals surface area contributed by atoms with E-state index in [1.807, 2.05) is 88.3 Å². The van der Waals surface area contributed by atoms with E-state index in [2.05, 4.69) is 10.3 Å². The van der Waals surface area contributed by atoms with Crippen LogP contribution in [0.3, 0.4) is 0 Å². The Bertz CT molecular complexity index is 1970. The zero-order chi connectivity index (χ0) is 30.2. The quantitative estimate of drug-likeness (QED) is 0.208. The van der Waals surface area contributed by atoms with Crippen LogP contribution in [-0.2, 0) is 6.42 Å². The number of amides is 1. The average Bonchev–Trinajstić information content (AvgIpc) is 3.69. The normalized spacial score (nSPS) is 13.1. The number of imidazole rings is 1. The van der Waals surface area contributed by atoms with Crippen LogP contribution < -0.4 is 10.2 Å². The highest BCUT2D eigenvalue weighted by atomic mass is 32.1. The second kappa shape index (κ2) is 11.5. The summed E-state index contributed by atoms with van der Waals surface area (Å²) in [5, 5.41) is 14.5. The monoisotopic (exact) mass is 601 g/mol. The van der Waals surface area contributed by atoms with Gasteiger partial charge in [0.05, 0.1) is 40.2 Å². The summed E-state index contributed by atoms with van der Waals surface area (Å²) in [6, 6.07) is 30.0. The van der Waals surface area contributed by atoms with Crippen molar-refractivity contribution in [3.8, 4) is 27.5 Å². The van der Waals surface area contributed by atoms with Crippen molar-refractivity contribution in [3.05, 3.63) is 137 Å². The van der Waals surface area contributed by atoms with E-state index < -0.39 is 12.0 Å². The Hall–Kier alpha value is -5.12. The number of rotatable bonds is 6. The van der Waals surface area contributed by atoms with Crippen LogP contribution in [-0.4, -0.2) is 32.1 Å². The van der Waals surface area contributed by atoms with Gasteiger partial charge in [-0.1, -0.05) is 54.6 Å². The van der Waals surface area contributed by atoms with Gasteiger partial charge in [-0.05, 0) is 66.9 Å². The average molecular weight is 602 g/mol. The highest BCUT2D eigenvalue weighted by Crippen LogP contribution is 2.43. The number of nitrogens with one attached hydrogen (secondary N) is 1. The zero-order valence-electron chi connectivity index (χ0n) is 23.8. The summed E-state index contributed by atoms with van der Waals surface area (Å²) in [5.74, 6) is -0.810. The number of anilines is 2. The molecule has 1 unspecified atom stereocenters. The van der Waals surface area contributed by atoms with Crippen LogP contribution >= 0.6 is 11.3 Å². The lowest BCUT2D eigenvalue weighted by atomic mass is 10.1. The summed E-state index contributed by atoms with van der Waals surface area (Å²) in [5.41, 5.74) is 6.63. The van der Waals surface area contributed by atoms with Gasteiger partial charge in [0.1, 0.15) is 5.82 Å². The summed E-state index contributed by atoms with van der Waals surface area (Å²) in [4.78, 5) is 25.8. The number of para-hydroxylation sites is 3. The van der Waals surface area contributed by atoms with Crippen LogP contribution in [0.4, 0.5) is 15.8 Å². The van der Waals surface area contributed by atoms with E-state index in [-0.39, 0.29) is 11.6 Å². The zero-order valence-corrected chi connectivity index (χ0v) is 24.6. The van der Waals surface area contributed by atoms with Gasteiger partial charge in [-0.25, -0.2) is 14.4 Å². The van der Waals surface area contributed by atoms with Crippen LogP contribution in [0.2, 0.25) is 0 Å². The van der Waals surface area contributed by atoms with Gasteiger partial charge < -0.3 is 15.3 Å². The third-order valence-corrected chi connectivity index (χ3v) is 9.05. The van der Waals surface area contributed by atoms with E-state index in [0.29, 0.717) is 34.8 Å². The first-order chi connectivity index (χ1) is 21.5. The Balaban J connectivity index is 1.19. The van der Waals surface area contributed by atoms with Crippen LogP contribution in [0.15, 0.2) is 110 Å². The molecule has 0 fully saturated rings. The van der Waals surface area contributed by atoms with E-state index in [1.165, 1.54) is 17.4 Å². The molecule has 0 aliphatic carbocycles. The third-order valence-electron chi connectivity index (χ3n) is 7.84. The summed E-state index contributed by atoms with van der Waals surface area (Å²) >= 11 is 1.37. The summed E-state index contributed by atoms with van der Waals surface area (Å²) in [6.07, 6.45) is 3.12. The fraction of sp³-hybridized carbons (Fsp3) is 0.114. The van der Waals surface area contributed by atoms with Crippen LogP contribution in [0, 0.1) is 12.7 Å². The number of nitrogens with zero attached hydrogens (tertiary/aromatic N) is 4. The van der Waals surface area contributed by atoms with Crippen molar-refractivity contribution in [2.45, 2.75) is 19.6 Å². The lowest BCUT2D eigenvalue weighted by Gasteiger charge is -2.30. The minimum atomic E-state index is -1.01. The Labute approximate surface area is 257 Å². The second-order valence-electron chi connectivity index (χ2n) is 10.6. The molecule has 1 amide bonds. The Morgan fingerprint density at radius 3 is 2.64 bits per heavy atom. The number of pyridine rings is 1. The number of hydrogen-bond acceptors (Lipinski definition) is 6. The SMILES string of the molecule is Cc1cccc(F)c1NC(=O)c1cc2c(s1)-c1ccccc1N(C(O)c1cccc(-c3cncn3-c3ccccc3)n1)CC2. The highest BCUT2D eigenvalue weighted by molar-refractivity contribution is 7.17. The molecule has 2 N–H and O–H groups in total. The maximum atomic E-state index is 14.4. The van der Waals surface area contributed by atoms with Crippen molar-refractivity contribution in [3.63, 3.8) is 0 Å². The molecule has 3 aromatic heterocycles. The van der Waals surface area contributed by atoms with Gasteiger partial charge in [-0.15, -0.1) is 11.3 Å². The van der Waals surface area contributed by atoms with Crippen molar-refractivity contribution >= 4 is 28.6 Å². The van der Waals surface area contributed by atoms with Gasteiger partial charge in [-0.3, -0.25) is 9.36 Å². The number of aromatic nitrogens is 3. The van der Waals surface area contributed by atoms with Gasteiger partial charge in [-0.2, -0.15) is 0 Å². The molecular weight excluding hydrogens is 573 g/mol. The molecule has 0 spiro atoms. The largest absolute Gasteiger partial charge is 0.368 e. The molecule has 0 saturated heterocycles. The predicted molar refractivity (Wildman–Crippen MR) is 172 cm³/mol. The standard InChI is InChI=1S/C35H28FN5O2S/c1-22-9-7-13-26(36)32(22)39-34(42)31-19-23-17-18-40(29-16-6-5-12-25(29)33(23)44-31)35(43)28-15-8-14-27(38-28)30-20-37-21-41(30)24-10-3-2-4-11-24/h2-16,19-21,35,43H,17-18H2,1H3,(H,39,42). The van der Waals surface area contributed by atoms with Gasteiger partial charge in [0.25, 0.3) is 5.91 Å². The first-order valence-electron chi connectivity index (χ1n) is 14.3. The molecule has 1 aliphatic rings. The van der Waals surface area contributed by atoms with Crippen molar-refractivity contribution in [1.29, 1.82) is 0 Å². The smallest absolute Gasteiger partial charge is 0.265 e. The molecule has 6 aromatic rings. The molecule has 3 aromatic carbocycles. The molecule has 7 nitrogen and oxygen atoms in total. The third kappa shape index (κ3) is 5.06. The van der Waals surface area contributed by atoms with E-state index in [4.69, 9.17) is 4.98 Å². The molecule has 0 saturated carbocycles. The molecule has 218 valence electrons. The predicted octanol–water partition coefficient (Wildman–Crippen LogP) is 7.42. The van der Waals surface area contributed by atoms with Gasteiger partial charge in [0.15, 0.2) is 6.23 Å². The number of aryl methyl sites for hydroxylation is 1. The van der Waals surface area contributed by atoms with Gasteiger partial charge >= 0.3 is 0 Å². The van der Waals surface area contributed by atoms with Gasteiger partial charge in [0, 0.05) is 28.4 Å². The summed E-state index contributed by atoms with van der Waals surface area (Å²) in [6.45, 7) is 2.27. The van der Waals surface area contributed by atoms with Crippen molar-refractivity contribution in [2.75, 3.05) is 16.8 Å². The summed E-state index contributed by atoms with van der Waals surface area (Å²) < 4.78 is 16.4.